The molecule has 0 aromatic heterocycles. The second-order valence-electron chi connectivity index (χ2n) is 1.24. The van der Waals surface area contributed by atoms with Gasteiger partial charge in [0.15, 0.2) is 0 Å². The maximum atomic E-state index is 9.85. The predicted octanol–water partition coefficient (Wildman–Crippen LogP) is 1.34. The van der Waals surface area contributed by atoms with Crippen LogP contribution in [0.15, 0.2) is 0 Å². The summed E-state index contributed by atoms with van der Waals surface area (Å²) in [6.45, 7) is 0. The minimum absolute atomic E-state index is 0. The fourth-order valence-corrected chi connectivity index (χ4v) is 0.204. The standard InChI is InChI=1S/C2H6O3S.CH3I.CH4O3S.2CH4/c1-4-6(3)5-2;1-2;1-5(2,3)4;;/h1-2H3;1H3;1H3,(H,2,3,4);2*1H4/p-1. The lowest BCUT2D eigenvalue weighted by molar-refractivity contribution is 0.334. The zero-order valence-corrected chi connectivity index (χ0v) is 11.4. The molecule has 0 fully saturated rings. The summed E-state index contributed by atoms with van der Waals surface area (Å²) in [4.78, 5) is 1.97. The average Bonchev–Trinajstić information content (AvgIpc) is 2.04. The third-order valence-electron chi connectivity index (χ3n) is 0.272. The fraction of sp³-hybridized carbons (Fsp3) is 1.00. The van der Waals surface area contributed by atoms with E-state index in [2.05, 4.69) is 31.0 Å². The largest absolute Gasteiger partial charge is 0.748 e. The Balaban J connectivity index is -0.0000000344. The molecule has 0 saturated heterocycles. The van der Waals surface area contributed by atoms with Crippen LogP contribution >= 0.6 is 22.6 Å². The maximum absolute atomic E-state index is 9.85. The molecule has 0 radical (unpaired) electrons. The van der Waals surface area contributed by atoms with Crippen LogP contribution < -0.4 is 0 Å². The van der Waals surface area contributed by atoms with Crippen molar-refractivity contribution >= 4 is 44.1 Å². The molecule has 15 heavy (non-hydrogen) atoms. The summed E-state index contributed by atoms with van der Waals surface area (Å²) < 4.78 is 45.4. The molecule has 0 N–H and O–H groups in total. The van der Waals surface area contributed by atoms with Crippen molar-refractivity contribution in [3.05, 3.63) is 0 Å². The van der Waals surface area contributed by atoms with Crippen molar-refractivity contribution in [1.82, 2.24) is 0 Å². The molecule has 6 nitrogen and oxygen atoms in total. The van der Waals surface area contributed by atoms with Gasteiger partial charge in [-0.25, -0.2) is 8.42 Å². The van der Waals surface area contributed by atoms with Gasteiger partial charge in [-0.15, -0.1) is 0 Å². The molecule has 0 aliphatic rings. The molecule has 100 valence electrons. The quantitative estimate of drug-likeness (QED) is 0.409. The van der Waals surface area contributed by atoms with Crippen molar-refractivity contribution in [2.24, 2.45) is 0 Å². The van der Waals surface area contributed by atoms with Gasteiger partial charge in [0.2, 0.25) is 0 Å². The Morgan fingerprint density at radius 2 is 1.27 bits per heavy atom. The highest BCUT2D eigenvalue weighted by atomic mass is 127. The van der Waals surface area contributed by atoms with Crippen LogP contribution in [0, 0.1) is 0 Å². The summed E-state index contributed by atoms with van der Waals surface area (Å²) in [6.07, 6.45) is 0.604. The van der Waals surface area contributed by atoms with Crippen LogP contribution in [-0.4, -0.2) is 42.6 Å². The fourth-order valence-electron chi connectivity index (χ4n) is 0.0680. The van der Waals surface area contributed by atoms with Crippen LogP contribution in [0.1, 0.15) is 14.9 Å². The van der Waals surface area contributed by atoms with Gasteiger partial charge in [0.25, 0.3) is 0 Å². The lowest BCUT2D eigenvalue weighted by Gasteiger charge is -1.90. The minimum Gasteiger partial charge on any atom is -0.748 e. The first-order valence-electron chi connectivity index (χ1n) is 2.60. The second kappa shape index (κ2) is 20.2. The van der Waals surface area contributed by atoms with Gasteiger partial charge in [0.05, 0.1) is 24.3 Å². The molecule has 0 bridgehead atoms. The van der Waals surface area contributed by atoms with Gasteiger partial charge in [-0.05, 0) is 4.93 Å². The number of halogens is 1. The van der Waals surface area contributed by atoms with Crippen molar-refractivity contribution in [3.63, 3.8) is 0 Å². The van der Waals surface area contributed by atoms with E-state index in [1.165, 1.54) is 14.2 Å². The molecule has 0 aliphatic heterocycles. The van der Waals surface area contributed by atoms with Crippen LogP contribution in [0.4, 0.5) is 0 Å². The van der Waals surface area contributed by atoms with E-state index in [0.717, 1.165) is 0 Å². The predicted molar refractivity (Wildman–Crippen MR) is 71.2 cm³/mol. The lowest BCUT2D eigenvalue weighted by atomic mass is 11.8. The zero-order valence-electron chi connectivity index (χ0n) is 7.64. The Labute approximate surface area is 109 Å². The SMILES string of the molecule is C.C.CI.COS(=O)OC.CS(=O)(=O)[O-]. The first kappa shape index (κ1) is 29.6. The molecule has 0 heterocycles. The van der Waals surface area contributed by atoms with Crippen molar-refractivity contribution in [1.29, 1.82) is 0 Å². The van der Waals surface area contributed by atoms with E-state index >= 15 is 0 Å². The molecule has 0 saturated carbocycles. The Morgan fingerprint density at radius 3 is 1.27 bits per heavy atom. The first-order valence-corrected chi connectivity index (χ1v) is 7.58. The zero-order chi connectivity index (χ0) is 11.5. The van der Waals surface area contributed by atoms with Gasteiger partial charge < -0.3 is 4.55 Å². The van der Waals surface area contributed by atoms with Crippen LogP contribution in [-0.2, 0) is 29.8 Å². The highest BCUT2D eigenvalue weighted by molar-refractivity contribution is 14.1. The minimum atomic E-state index is -3.92. The van der Waals surface area contributed by atoms with E-state index in [9.17, 15) is 4.21 Å². The third-order valence-corrected chi connectivity index (χ3v) is 0.816. The summed E-state index contributed by atoms with van der Waals surface area (Å²) in [5.74, 6) is 0. The molecule has 0 atom stereocenters. The van der Waals surface area contributed by atoms with Crippen molar-refractivity contribution in [3.8, 4) is 0 Å². The maximum Gasteiger partial charge on any atom is 0.304 e. The summed E-state index contributed by atoms with van der Waals surface area (Å²) in [6, 6.07) is 0. The summed E-state index contributed by atoms with van der Waals surface area (Å²) >= 11 is 0.616. The van der Waals surface area contributed by atoms with Crippen LogP contribution in [0.3, 0.4) is 0 Å². The molecular weight excluding hydrogens is 359 g/mol. The molecule has 0 aromatic rings. The highest BCUT2D eigenvalue weighted by Crippen LogP contribution is 1.76. The van der Waals surface area contributed by atoms with E-state index in [-0.39, 0.29) is 14.9 Å². The number of hydrogen-bond donors (Lipinski definition) is 0. The third kappa shape index (κ3) is 107. The highest BCUT2D eigenvalue weighted by Gasteiger charge is 1.84. The van der Waals surface area contributed by atoms with Crippen LogP contribution in [0.5, 0.6) is 0 Å². The number of alkyl halides is 1. The topological polar surface area (TPSA) is 92.7 Å². The number of hydrogen-bond acceptors (Lipinski definition) is 6. The van der Waals surface area contributed by atoms with E-state index in [1.54, 1.807) is 0 Å². The lowest BCUT2D eigenvalue weighted by Crippen LogP contribution is -1.91. The van der Waals surface area contributed by atoms with E-state index in [4.69, 9.17) is 13.0 Å². The van der Waals surface area contributed by atoms with Gasteiger partial charge in [0.1, 0.15) is 0 Å². The molecule has 0 spiro atoms. The van der Waals surface area contributed by atoms with E-state index < -0.39 is 21.5 Å². The molecular formula is C6H20IO6S2-. The Kier molecular flexibility index (Phi) is 39.8. The average molecular weight is 379 g/mol. The summed E-state index contributed by atoms with van der Waals surface area (Å²) in [7, 11) is -1.31. The molecule has 0 rings (SSSR count). The van der Waals surface area contributed by atoms with Gasteiger partial charge in [-0.2, -0.15) is 4.21 Å². The smallest absolute Gasteiger partial charge is 0.304 e. The first-order chi connectivity index (χ1) is 5.81. The monoisotopic (exact) mass is 379 g/mol. The summed E-state index contributed by atoms with van der Waals surface area (Å²) in [5, 5.41) is 0. The Bertz CT molecular complexity index is 190. The molecule has 0 unspecified atom stereocenters. The van der Waals surface area contributed by atoms with Crippen molar-refractivity contribution in [2.45, 2.75) is 14.9 Å². The van der Waals surface area contributed by atoms with Crippen molar-refractivity contribution < 1.29 is 25.5 Å². The Hall–Kier alpha value is 0.710. The van der Waals surface area contributed by atoms with Gasteiger partial charge in [-0.3, -0.25) is 8.37 Å². The van der Waals surface area contributed by atoms with Gasteiger partial charge in [0, 0.05) is 6.26 Å². The molecule has 0 aromatic carbocycles. The van der Waals surface area contributed by atoms with Crippen LogP contribution in [0.2, 0.25) is 0 Å². The molecule has 9 heteroatoms. The normalized spacial score (nSPS) is 8.20. The Morgan fingerprint density at radius 1 is 1.13 bits per heavy atom. The molecule has 0 amide bonds. The van der Waals surface area contributed by atoms with E-state index in [1.807, 2.05) is 4.93 Å². The van der Waals surface area contributed by atoms with Gasteiger partial charge in [-0.1, -0.05) is 37.4 Å². The molecule has 0 aliphatic carbocycles. The summed E-state index contributed by atoms with van der Waals surface area (Å²) in [5.41, 5.74) is 0. The van der Waals surface area contributed by atoms with Crippen LogP contribution in [0.25, 0.3) is 0 Å². The second-order valence-corrected chi connectivity index (χ2v) is 3.72. The number of rotatable bonds is 2. The van der Waals surface area contributed by atoms with E-state index in [0.29, 0.717) is 6.26 Å². The van der Waals surface area contributed by atoms with Crippen molar-refractivity contribution in [2.75, 3.05) is 25.4 Å². The van der Waals surface area contributed by atoms with Gasteiger partial charge >= 0.3 is 11.4 Å².